The summed E-state index contributed by atoms with van der Waals surface area (Å²) in [6, 6.07) is 8.13. The number of allylic oxidation sites excluding steroid dienone is 1. The molecule has 2 aliphatic rings. The predicted octanol–water partition coefficient (Wildman–Crippen LogP) is 3.31. The molecule has 4 aromatic rings. The number of hydrogen-bond acceptors (Lipinski definition) is 8. The molecule has 0 bridgehead atoms. The smallest absolute Gasteiger partial charge is 0.180 e. The molecule has 1 aliphatic carbocycles. The monoisotopic (exact) mass is 470 g/mol. The third-order valence-corrected chi connectivity index (χ3v) is 6.21. The Morgan fingerprint density at radius 3 is 2.94 bits per heavy atom. The lowest BCUT2D eigenvalue weighted by Gasteiger charge is -2.30. The average molecular weight is 471 g/mol. The minimum atomic E-state index is -0.0527. The number of aromatic nitrogens is 4. The molecule has 1 fully saturated rings. The summed E-state index contributed by atoms with van der Waals surface area (Å²) < 4.78 is 13.3. The van der Waals surface area contributed by atoms with E-state index in [2.05, 4.69) is 38.4 Å². The molecule has 35 heavy (non-hydrogen) atoms. The Kier molecular flexibility index (Phi) is 5.77. The lowest BCUT2D eigenvalue weighted by atomic mass is 10.1. The van der Waals surface area contributed by atoms with Gasteiger partial charge in [-0.3, -0.25) is 4.98 Å². The summed E-state index contributed by atoms with van der Waals surface area (Å²) in [5.41, 5.74) is 6.52. The van der Waals surface area contributed by atoms with E-state index in [0.717, 1.165) is 53.5 Å². The van der Waals surface area contributed by atoms with Crippen LogP contribution in [-0.4, -0.2) is 64.0 Å². The molecule has 1 saturated heterocycles. The van der Waals surface area contributed by atoms with Crippen LogP contribution in [0.1, 0.15) is 11.3 Å². The number of pyridine rings is 1. The molecule has 4 heterocycles. The van der Waals surface area contributed by atoms with Crippen LogP contribution in [0.5, 0.6) is 5.75 Å². The van der Waals surface area contributed by atoms with Crippen LogP contribution < -0.4 is 15.0 Å². The summed E-state index contributed by atoms with van der Waals surface area (Å²) in [6.07, 6.45) is 12.6. The number of imidazole rings is 1. The first-order valence-electron chi connectivity index (χ1n) is 11.8. The highest BCUT2D eigenvalue weighted by molar-refractivity contribution is 5.76. The number of morpholine rings is 1. The van der Waals surface area contributed by atoms with Crippen molar-refractivity contribution in [2.24, 2.45) is 0 Å². The fourth-order valence-corrected chi connectivity index (χ4v) is 4.49. The Labute approximate surface area is 202 Å². The zero-order chi connectivity index (χ0) is 23.6. The third kappa shape index (κ3) is 4.31. The first-order valence-corrected chi connectivity index (χ1v) is 11.8. The molecule has 9 heteroatoms. The summed E-state index contributed by atoms with van der Waals surface area (Å²) in [6.45, 7) is 3.13. The van der Waals surface area contributed by atoms with Gasteiger partial charge < -0.3 is 29.2 Å². The van der Waals surface area contributed by atoms with E-state index in [1.807, 2.05) is 41.2 Å². The maximum Gasteiger partial charge on any atom is 0.180 e. The van der Waals surface area contributed by atoms with Crippen molar-refractivity contribution >= 4 is 28.9 Å². The lowest BCUT2D eigenvalue weighted by molar-refractivity contribution is 0.122. The molecule has 0 radical (unpaired) electrons. The molecule has 0 unspecified atom stereocenters. The van der Waals surface area contributed by atoms with Gasteiger partial charge >= 0.3 is 0 Å². The van der Waals surface area contributed by atoms with Gasteiger partial charge in [0.2, 0.25) is 0 Å². The third-order valence-electron chi connectivity index (χ3n) is 6.21. The van der Waals surface area contributed by atoms with Crippen molar-refractivity contribution in [3.63, 3.8) is 0 Å². The van der Waals surface area contributed by atoms with Gasteiger partial charge in [0.15, 0.2) is 11.5 Å². The molecule has 1 aliphatic heterocycles. The number of fused-ring (bicyclic) bond motifs is 2. The second kappa shape index (κ2) is 9.36. The summed E-state index contributed by atoms with van der Waals surface area (Å²) >= 11 is 0. The molecule has 178 valence electrons. The number of aliphatic hydroxyl groups excluding tert-OH is 1. The van der Waals surface area contributed by atoms with Gasteiger partial charge in [0.05, 0.1) is 36.9 Å². The summed E-state index contributed by atoms with van der Waals surface area (Å²) in [5.74, 6) is 1.34. The van der Waals surface area contributed by atoms with Crippen molar-refractivity contribution in [2.75, 3.05) is 49.7 Å². The molecular weight excluding hydrogens is 444 g/mol. The van der Waals surface area contributed by atoms with Gasteiger partial charge in [-0.05, 0) is 36.3 Å². The zero-order valence-corrected chi connectivity index (χ0v) is 19.2. The number of anilines is 3. The first-order chi connectivity index (χ1) is 17.3. The molecule has 0 atom stereocenters. The van der Waals surface area contributed by atoms with Gasteiger partial charge in [-0.25, -0.2) is 9.97 Å². The van der Waals surface area contributed by atoms with Crippen LogP contribution in [0.4, 0.5) is 17.2 Å². The minimum Gasteiger partial charge on any atom is -0.489 e. The maximum absolute atomic E-state index is 9.32. The van der Waals surface area contributed by atoms with Crippen LogP contribution >= 0.6 is 0 Å². The molecule has 0 amide bonds. The Morgan fingerprint density at radius 1 is 1.14 bits per heavy atom. The Hall–Kier alpha value is -3.95. The van der Waals surface area contributed by atoms with E-state index < -0.39 is 0 Å². The van der Waals surface area contributed by atoms with E-state index in [9.17, 15) is 5.11 Å². The van der Waals surface area contributed by atoms with Crippen LogP contribution in [-0.2, 0) is 11.2 Å². The Bertz CT molecular complexity index is 1390. The number of hydrogen-bond donors (Lipinski definition) is 2. The second-order valence-corrected chi connectivity index (χ2v) is 8.49. The molecule has 2 N–H and O–H groups in total. The molecule has 9 nitrogen and oxygen atoms in total. The van der Waals surface area contributed by atoms with Gasteiger partial charge in [-0.1, -0.05) is 6.08 Å². The zero-order valence-electron chi connectivity index (χ0n) is 19.2. The van der Waals surface area contributed by atoms with E-state index in [0.29, 0.717) is 24.8 Å². The topological polar surface area (TPSA) is 97.0 Å². The van der Waals surface area contributed by atoms with Crippen LogP contribution in [0.25, 0.3) is 23.0 Å². The normalized spacial score (nSPS) is 14.9. The number of nitrogens with zero attached hydrogens (tertiary/aromatic N) is 5. The number of ether oxygens (including phenoxy) is 2. The van der Waals surface area contributed by atoms with Crippen molar-refractivity contribution in [3.8, 4) is 17.0 Å². The van der Waals surface area contributed by atoms with Gasteiger partial charge in [-0.2, -0.15) is 0 Å². The predicted molar refractivity (Wildman–Crippen MR) is 134 cm³/mol. The van der Waals surface area contributed by atoms with Crippen LogP contribution in [0.2, 0.25) is 0 Å². The molecule has 1 aromatic carbocycles. The van der Waals surface area contributed by atoms with Gasteiger partial charge in [-0.15, -0.1) is 0 Å². The first kappa shape index (κ1) is 21.6. The average Bonchev–Trinajstić information content (AvgIpc) is 3.57. The summed E-state index contributed by atoms with van der Waals surface area (Å²) in [7, 11) is 0. The Morgan fingerprint density at radius 2 is 2.06 bits per heavy atom. The lowest BCUT2D eigenvalue weighted by Crippen LogP contribution is -2.36. The standard InChI is InChI=1S/C26H26N6O3/c33-10-13-35-24-15-20(4-5-23(24)31-8-11-34-12-9-31)29-25-26-27-6-7-32(26)17-22(30-25)19-14-18-2-1-3-21(18)28-16-19/h1,3-7,14-17,33H,2,8-13H2,(H,29,30). The number of benzene rings is 1. The van der Waals surface area contributed by atoms with Crippen LogP contribution in [0.15, 0.2) is 55.1 Å². The van der Waals surface area contributed by atoms with Gasteiger partial charge in [0, 0.05) is 55.2 Å². The largest absolute Gasteiger partial charge is 0.489 e. The van der Waals surface area contributed by atoms with Crippen molar-refractivity contribution in [1.29, 1.82) is 0 Å². The fourth-order valence-electron chi connectivity index (χ4n) is 4.49. The van der Waals surface area contributed by atoms with Crippen LogP contribution in [0, 0.1) is 0 Å². The van der Waals surface area contributed by atoms with Crippen LogP contribution in [0.3, 0.4) is 0 Å². The highest BCUT2D eigenvalue weighted by atomic mass is 16.5. The highest BCUT2D eigenvalue weighted by Gasteiger charge is 2.18. The summed E-state index contributed by atoms with van der Waals surface area (Å²) in [4.78, 5) is 16.2. The van der Waals surface area contributed by atoms with E-state index in [1.165, 1.54) is 5.56 Å². The SMILES string of the molecule is OCCOc1cc(Nc2nc(-c3cnc4c(c3)CC=C4)cn3ccnc23)ccc1N1CCOCC1. The Balaban J connectivity index is 1.35. The summed E-state index contributed by atoms with van der Waals surface area (Å²) in [5, 5.41) is 12.8. The van der Waals surface area contributed by atoms with Crippen molar-refractivity contribution in [1.82, 2.24) is 19.4 Å². The van der Waals surface area contributed by atoms with Crippen molar-refractivity contribution < 1.29 is 14.6 Å². The van der Waals surface area contributed by atoms with Gasteiger partial charge in [0.1, 0.15) is 12.4 Å². The molecule has 6 rings (SSSR count). The van der Waals surface area contributed by atoms with E-state index in [1.54, 1.807) is 6.20 Å². The van der Waals surface area contributed by atoms with E-state index in [4.69, 9.17) is 14.5 Å². The minimum absolute atomic E-state index is 0.0527. The quantitative estimate of drug-likeness (QED) is 0.425. The van der Waals surface area contributed by atoms with Gasteiger partial charge in [0.25, 0.3) is 0 Å². The van der Waals surface area contributed by atoms with E-state index in [-0.39, 0.29) is 13.2 Å². The molecule has 0 spiro atoms. The fraction of sp³-hybridized carbons (Fsp3) is 0.269. The van der Waals surface area contributed by atoms with Crippen molar-refractivity contribution in [3.05, 3.63) is 66.4 Å². The number of aliphatic hydroxyl groups is 1. The number of nitrogens with one attached hydrogen (secondary N) is 1. The van der Waals surface area contributed by atoms with Crippen molar-refractivity contribution in [2.45, 2.75) is 6.42 Å². The second-order valence-electron chi connectivity index (χ2n) is 8.49. The molecular formula is C26H26N6O3. The maximum atomic E-state index is 9.32. The van der Waals surface area contributed by atoms with E-state index >= 15 is 0 Å². The number of rotatable bonds is 7. The highest BCUT2D eigenvalue weighted by Crippen LogP contribution is 2.34. The molecule has 3 aromatic heterocycles. The molecule has 0 saturated carbocycles.